The van der Waals surface area contributed by atoms with Gasteiger partial charge in [0.15, 0.2) is 0 Å². The minimum absolute atomic E-state index is 0.135. The molecule has 4 N–H and O–H groups in total. The molecule has 2 aromatic rings. The Labute approximate surface area is 116 Å². The van der Waals surface area contributed by atoms with Crippen LogP contribution in [0.4, 0.5) is 5.69 Å². The van der Waals surface area contributed by atoms with Crippen LogP contribution in [-0.2, 0) is 0 Å². The maximum absolute atomic E-state index is 12.3. The number of hydrazine groups is 1. The van der Waals surface area contributed by atoms with Crippen molar-refractivity contribution in [2.45, 2.75) is 6.04 Å². The van der Waals surface area contributed by atoms with Crippen LogP contribution >= 0.6 is 0 Å². The summed E-state index contributed by atoms with van der Waals surface area (Å²) >= 11 is 0. The SMILES string of the molecule is NNc1ccccc1C(=O)NC1COc2ccccc21. The van der Waals surface area contributed by atoms with Crippen molar-refractivity contribution in [3.63, 3.8) is 0 Å². The van der Waals surface area contributed by atoms with Gasteiger partial charge in [-0.1, -0.05) is 30.3 Å². The number of carbonyl (C=O) groups is 1. The van der Waals surface area contributed by atoms with Crippen molar-refractivity contribution in [2.75, 3.05) is 12.0 Å². The van der Waals surface area contributed by atoms with Crippen molar-refractivity contribution in [3.8, 4) is 5.75 Å². The highest BCUT2D eigenvalue weighted by Crippen LogP contribution is 2.32. The van der Waals surface area contributed by atoms with Crippen molar-refractivity contribution in [1.82, 2.24) is 5.32 Å². The third kappa shape index (κ3) is 2.19. The fraction of sp³-hybridized carbons (Fsp3) is 0.133. The number of hydrogen-bond donors (Lipinski definition) is 3. The lowest BCUT2D eigenvalue weighted by molar-refractivity contribution is 0.0931. The lowest BCUT2D eigenvalue weighted by Crippen LogP contribution is -2.30. The number of amides is 1. The number of nitrogens with two attached hydrogens (primary N) is 1. The second-order valence-electron chi connectivity index (χ2n) is 4.56. The first-order valence-corrected chi connectivity index (χ1v) is 6.38. The van der Waals surface area contributed by atoms with E-state index in [4.69, 9.17) is 10.6 Å². The molecule has 5 heteroatoms. The van der Waals surface area contributed by atoms with E-state index in [9.17, 15) is 4.79 Å². The normalized spacial score (nSPS) is 16.1. The molecule has 1 atom stereocenters. The summed E-state index contributed by atoms with van der Waals surface area (Å²) in [4.78, 5) is 12.3. The number of carbonyl (C=O) groups excluding carboxylic acids is 1. The zero-order valence-corrected chi connectivity index (χ0v) is 10.8. The Balaban J connectivity index is 1.81. The monoisotopic (exact) mass is 269 g/mol. The van der Waals surface area contributed by atoms with Crippen LogP contribution in [0.1, 0.15) is 22.0 Å². The van der Waals surface area contributed by atoms with Crippen LogP contribution in [-0.4, -0.2) is 12.5 Å². The molecule has 0 fully saturated rings. The smallest absolute Gasteiger partial charge is 0.254 e. The van der Waals surface area contributed by atoms with Crippen LogP contribution in [0.2, 0.25) is 0 Å². The Kier molecular flexibility index (Phi) is 3.26. The van der Waals surface area contributed by atoms with E-state index in [1.807, 2.05) is 30.3 Å². The zero-order valence-electron chi connectivity index (χ0n) is 10.8. The fourth-order valence-corrected chi connectivity index (χ4v) is 2.33. The molecule has 0 saturated carbocycles. The van der Waals surface area contributed by atoms with Gasteiger partial charge < -0.3 is 15.5 Å². The number of para-hydroxylation sites is 2. The summed E-state index contributed by atoms with van der Waals surface area (Å²) < 4.78 is 5.55. The Morgan fingerprint density at radius 3 is 2.75 bits per heavy atom. The van der Waals surface area contributed by atoms with E-state index in [1.165, 1.54) is 0 Å². The highest BCUT2D eigenvalue weighted by molar-refractivity contribution is 5.99. The second-order valence-corrected chi connectivity index (χ2v) is 4.56. The van der Waals surface area contributed by atoms with Crippen molar-refractivity contribution < 1.29 is 9.53 Å². The molecule has 0 saturated heterocycles. The van der Waals surface area contributed by atoms with Gasteiger partial charge in [-0.25, -0.2) is 0 Å². The maximum Gasteiger partial charge on any atom is 0.254 e. The van der Waals surface area contributed by atoms with Gasteiger partial charge >= 0.3 is 0 Å². The van der Waals surface area contributed by atoms with E-state index >= 15 is 0 Å². The third-order valence-corrected chi connectivity index (χ3v) is 3.33. The largest absolute Gasteiger partial charge is 0.491 e. The van der Waals surface area contributed by atoms with E-state index in [0.29, 0.717) is 17.9 Å². The van der Waals surface area contributed by atoms with Crippen LogP contribution in [0.15, 0.2) is 48.5 Å². The van der Waals surface area contributed by atoms with Gasteiger partial charge in [-0.3, -0.25) is 10.6 Å². The van der Waals surface area contributed by atoms with Crippen molar-refractivity contribution >= 4 is 11.6 Å². The minimum atomic E-state index is -0.177. The summed E-state index contributed by atoms with van der Waals surface area (Å²) in [6.07, 6.45) is 0. The molecule has 1 heterocycles. The number of fused-ring (bicyclic) bond motifs is 1. The van der Waals surface area contributed by atoms with Crippen LogP contribution in [0, 0.1) is 0 Å². The predicted molar refractivity (Wildman–Crippen MR) is 76.4 cm³/mol. The number of benzene rings is 2. The number of ether oxygens (including phenoxy) is 1. The lowest BCUT2D eigenvalue weighted by Gasteiger charge is -2.13. The number of anilines is 1. The molecule has 0 radical (unpaired) electrons. The van der Waals surface area contributed by atoms with E-state index in [-0.39, 0.29) is 11.9 Å². The highest BCUT2D eigenvalue weighted by Gasteiger charge is 2.25. The highest BCUT2D eigenvalue weighted by atomic mass is 16.5. The summed E-state index contributed by atoms with van der Waals surface area (Å²) in [5, 5.41) is 2.97. The number of nitrogen functional groups attached to an aromatic ring is 1. The van der Waals surface area contributed by atoms with E-state index in [1.54, 1.807) is 18.2 Å². The molecule has 1 aliphatic rings. The average molecular weight is 269 g/mol. The summed E-state index contributed by atoms with van der Waals surface area (Å²) in [6.45, 7) is 0.448. The van der Waals surface area contributed by atoms with Gasteiger partial charge in [-0.15, -0.1) is 0 Å². The average Bonchev–Trinajstić information content (AvgIpc) is 2.90. The lowest BCUT2D eigenvalue weighted by atomic mass is 10.1. The van der Waals surface area contributed by atoms with E-state index in [2.05, 4.69) is 10.7 Å². The molecule has 0 aromatic heterocycles. The molecule has 20 heavy (non-hydrogen) atoms. The van der Waals surface area contributed by atoms with Gasteiger partial charge in [0, 0.05) is 5.56 Å². The first-order valence-electron chi connectivity index (χ1n) is 6.38. The molecule has 3 rings (SSSR count). The first kappa shape index (κ1) is 12.5. The van der Waals surface area contributed by atoms with Gasteiger partial charge in [0.2, 0.25) is 0 Å². The van der Waals surface area contributed by atoms with Gasteiger partial charge in [0.05, 0.1) is 17.3 Å². The fourth-order valence-electron chi connectivity index (χ4n) is 2.33. The standard InChI is InChI=1S/C15H15N3O2/c16-18-12-7-3-1-6-11(12)15(19)17-13-9-20-14-8-4-2-5-10(13)14/h1-8,13,18H,9,16H2,(H,17,19). The summed E-state index contributed by atoms with van der Waals surface area (Å²) in [5.74, 6) is 6.06. The molecule has 1 unspecified atom stereocenters. The Morgan fingerprint density at radius 1 is 1.15 bits per heavy atom. The quantitative estimate of drug-likeness (QED) is 0.587. The van der Waals surface area contributed by atoms with Crippen molar-refractivity contribution in [3.05, 3.63) is 59.7 Å². The molecule has 102 valence electrons. The minimum Gasteiger partial charge on any atom is -0.491 e. The van der Waals surface area contributed by atoms with E-state index in [0.717, 1.165) is 11.3 Å². The molecule has 1 amide bonds. The zero-order chi connectivity index (χ0) is 13.9. The molecule has 0 spiro atoms. The molecule has 5 nitrogen and oxygen atoms in total. The second kappa shape index (κ2) is 5.22. The van der Waals surface area contributed by atoms with Crippen molar-refractivity contribution in [2.24, 2.45) is 5.84 Å². The number of nitrogens with one attached hydrogen (secondary N) is 2. The van der Waals surface area contributed by atoms with Crippen LogP contribution in [0.3, 0.4) is 0 Å². The van der Waals surface area contributed by atoms with Crippen LogP contribution in [0.5, 0.6) is 5.75 Å². The molecule has 0 aliphatic carbocycles. The first-order chi connectivity index (χ1) is 9.79. The van der Waals surface area contributed by atoms with Crippen LogP contribution < -0.4 is 21.3 Å². The Morgan fingerprint density at radius 2 is 1.90 bits per heavy atom. The molecular weight excluding hydrogens is 254 g/mol. The summed E-state index contributed by atoms with van der Waals surface area (Å²) in [6, 6.07) is 14.7. The number of rotatable bonds is 3. The maximum atomic E-state index is 12.3. The summed E-state index contributed by atoms with van der Waals surface area (Å²) in [7, 11) is 0. The third-order valence-electron chi connectivity index (χ3n) is 3.33. The van der Waals surface area contributed by atoms with E-state index < -0.39 is 0 Å². The topological polar surface area (TPSA) is 76.4 Å². The Bertz CT molecular complexity index is 643. The van der Waals surface area contributed by atoms with Gasteiger partial charge in [0.25, 0.3) is 5.91 Å². The van der Waals surface area contributed by atoms with Gasteiger partial charge in [0.1, 0.15) is 12.4 Å². The molecule has 0 bridgehead atoms. The van der Waals surface area contributed by atoms with Gasteiger partial charge in [-0.2, -0.15) is 0 Å². The predicted octanol–water partition coefficient (Wildman–Crippen LogP) is 1.84. The van der Waals surface area contributed by atoms with Crippen LogP contribution in [0.25, 0.3) is 0 Å². The molecule has 2 aromatic carbocycles. The Hall–Kier alpha value is -2.53. The van der Waals surface area contributed by atoms with Gasteiger partial charge in [-0.05, 0) is 18.2 Å². The van der Waals surface area contributed by atoms with Crippen molar-refractivity contribution in [1.29, 1.82) is 0 Å². The summed E-state index contributed by atoms with van der Waals surface area (Å²) in [5.41, 5.74) is 4.64. The molecular formula is C15H15N3O2. The molecule has 1 aliphatic heterocycles. The number of hydrogen-bond acceptors (Lipinski definition) is 4.